The largest absolute Gasteiger partial charge is 0.356 e. The van der Waals surface area contributed by atoms with E-state index in [4.69, 9.17) is 0 Å². The van der Waals surface area contributed by atoms with Crippen molar-refractivity contribution >= 4 is 32.4 Å². The van der Waals surface area contributed by atoms with Gasteiger partial charge in [-0.25, -0.2) is 4.98 Å². The van der Waals surface area contributed by atoms with Crippen LogP contribution in [0.2, 0.25) is 0 Å². The number of nitrogens with one attached hydrogen (secondary N) is 1. The normalized spacial score (nSPS) is 20.2. The van der Waals surface area contributed by atoms with Gasteiger partial charge < -0.3 is 5.32 Å². The molecule has 1 N–H and O–H groups in total. The molecular weight excluding hydrogens is 236 g/mol. The van der Waals surface area contributed by atoms with Crippen molar-refractivity contribution < 1.29 is 0 Å². The molecular formula is C8H11BrN2S. The van der Waals surface area contributed by atoms with Gasteiger partial charge in [0.25, 0.3) is 0 Å². The first-order valence-corrected chi connectivity index (χ1v) is 5.74. The molecule has 1 aromatic rings. The summed E-state index contributed by atoms with van der Waals surface area (Å²) in [5.41, 5.74) is 0.317. The van der Waals surface area contributed by atoms with Gasteiger partial charge >= 0.3 is 0 Å². The Morgan fingerprint density at radius 2 is 2.42 bits per heavy atom. The molecule has 4 heteroatoms. The molecule has 1 fully saturated rings. The summed E-state index contributed by atoms with van der Waals surface area (Å²) in [5.74, 6) is 0. The summed E-state index contributed by atoms with van der Waals surface area (Å²) in [7, 11) is 0. The van der Waals surface area contributed by atoms with Crippen LogP contribution >= 0.6 is 27.3 Å². The van der Waals surface area contributed by atoms with Gasteiger partial charge in [0.2, 0.25) is 0 Å². The van der Waals surface area contributed by atoms with E-state index in [0.29, 0.717) is 5.54 Å². The SMILES string of the molecule is CC1(Nc2nc(Br)cs2)CCC1. The van der Waals surface area contributed by atoms with Gasteiger partial charge in [0.05, 0.1) is 0 Å². The van der Waals surface area contributed by atoms with Crippen molar-refractivity contribution in [2.75, 3.05) is 5.32 Å². The molecule has 1 saturated carbocycles. The highest BCUT2D eigenvalue weighted by molar-refractivity contribution is 9.10. The summed E-state index contributed by atoms with van der Waals surface area (Å²) in [5, 5.41) is 6.49. The Morgan fingerprint density at radius 1 is 1.67 bits per heavy atom. The Balaban J connectivity index is 2.03. The molecule has 0 unspecified atom stereocenters. The predicted octanol–water partition coefficient (Wildman–Crippen LogP) is 3.26. The lowest BCUT2D eigenvalue weighted by Gasteiger charge is -2.39. The highest BCUT2D eigenvalue weighted by Gasteiger charge is 2.31. The van der Waals surface area contributed by atoms with Crippen molar-refractivity contribution in [1.29, 1.82) is 0 Å². The molecule has 0 bridgehead atoms. The lowest BCUT2D eigenvalue weighted by molar-refractivity contribution is 0.306. The van der Waals surface area contributed by atoms with E-state index in [2.05, 4.69) is 33.2 Å². The smallest absolute Gasteiger partial charge is 0.184 e. The fourth-order valence-electron chi connectivity index (χ4n) is 1.40. The molecule has 0 saturated heterocycles. The maximum atomic E-state index is 4.30. The van der Waals surface area contributed by atoms with Crippen LogP contribution in [-0.2, 0) is 0 Å². The van der Waals surface area contributed by atoms with E-state index >= 15 is 0 Å². The minimum Gasteiger partial charge on any atom is -0.356 e. The number of thiazole rings is 1. The van der Waals surface area contributed by atoms with Crippen LogP contribution in [0.1, 0.15) is 26.2 Å². The third kappa shape index (κ3) is 1.64. The number of nitrogens with zero attached hydrogens (tertiary/aromatic N) is 1. The fourth-order valence-corrected chi connectivity index (χ4v) is 2.69. The summed E-state index contributed by atoms with van der Waals surface area (Å²) < 4.78 is 0.929. The van der Waals surface area contributed by atoms with Crippen molar-refractivity contribution in [3.8, 4) is 0 Å². The van der Waals surface area contributed by atoms with Gasteiger partial charge in [-0.2, -0.15) is 0 Å². The Hall–Kier alpha value is -0.0900. The van der Waals surface area contributed by atoms with Crippen LogP contribution in [0.25, 0.3) is 0 Å². The Morgan fingerprint density at radius 3 is 2.83 bits per heavy atom. The highest BCUT2D eigenvalue weighted by Crippen LogP contribution is 2.35. The molecule has 1 heterocycles. The number of rotatable bonds is 2. The van der Waals surface area contributed by atoms with Crippen molar-refractivity contribution in [3.05, 3.63) is 9.98 Å². The van der Waals surface area contributed by atoms with Crippen LogP contribution < -0.4 is 5.32 Å². The molecule has 0 atom stereocenters. The predicted molar refractivity (Wildman–Crippen MR) is 55.7 cm³/mol. The molecule has 0 radical (unpaired) electrons. The molecule has 2 rings (SSSR count). The second-order valence-electron chi connectivity index (χ2n) is 3.51. The van der Waals surface area contributed by atoms with Gasteiger partial charge in [-0.1, -0.05) is 0 Å². The summed E-state index contributed by atoms with van der Waals surface area (Å²) >= 11 is 5.00. The molecule has 0 aromatic carbocycles. The second-order valence-corrected chi connectivity index (χ2v) is 5.19. The molecule has 1 aromatic heterocycles. The number of aromatic nitrogens is 1. The number of hydrogen-bond acceptors (Lipinski definition) is 3. The maximum Gasteiger partial charge on any atom is 0.184 e. The van der Waals surface area contributed by atoms with Gasteiger partial charge in [-0.05, 0) is 42.1 Å². The zero-order valence-electron chi connectivity index (χ0n) is 6.93. The van der Waals surface area contributed by atoms with Gasteiger partial charge in [0.1, 0.15) is 4.60 Å². The third-order valence-corrected chi connectivity index (χ3v) is 3.81. The van der Waals surface area contributed by atoms with Crippen molar-refractivity contribution in [3.63, 3.8) is 0 Å². The van der Waals surface area contributed by atoms with E-state index in [0.717, 1.165) is 9.73 Å². The molecule has 12 heavy (non-hydrogen) atoms. The highest BCUT2D eigenvalue weighted by atomic mass is 79.9. The Labute approximate surface area is 84.5 Å². The zero-order valence-corrected chi connectivity index (χ0v) is 9.33. The average Bonchev–Trinajstić information content (AvgIpc) is 2.32. The third-order valence-electron chi connectivity index (χ3n) is 2.34. The number of halogens is 1. The van der Waals surface area contributed by atoms with Gasteiger partial charge in [0, 0.05) is 10.9 Å². The lowest BCUT2D eigenvalue weighted by atomic mass is 9.79. The van der Waals surface area contributed by atoms with Crippen molar-refractivity contribution in [2.24, 2.45) is 0 Å². The van der Waals surface area contributed by atoms with Crippen LogP contribution in [0.3, 0.4) is 0 Å². The van der Waals surface area contributed by atoms with Gasteiger partial charge in [-0.3, -0.25) is 0 Å². The van der Waals surface area contributed by atoms with Crippen LogP contribution in [0, 0.1) is 0 Å². The van der Waals surface area contributed by atoms with E-state index < -0.39 is 0 Å². The molecule has 1 aliphatic carbocycles. The first-order chi connectivity index (χ1) is 5.68. The summed E-state index contributed by atoms with van der Waals surface area (Å²) in [6.07, 6.45) is 3.88. The molecule has 0 spiro atoms. The first kappa shape index (κ1) is 8.51. The van der Waals surface area contributed by atoms with Crippen LogP contribution in [0.15, 0.2) is 9.98 Å². The molecule has 2 nitrogen and oxygen atoms in total. The van der Waals surface area contributed by atoms with Crippen LogP contribution in [0.5, 0.6) is 0 Å². The van der Waals surface area contributed by atoms with Gasteiger partial charge in [-0.15, -0.1) is 11.3 Å². The first-order valence-electron chi connectivity index (χ1n) is 4.07. The maximum absolute atomic E-state index is 4.30. The molecule has 66 valence electrons. The summed E-state index contributed by atoms with van der Waals surface area (Å²) in [4.78, 5) is 4.30. The second kappa shape index (κ2) is 3.00. The fraction of sp³-hybridized carbons (Fsp3) is 0.625. The molecule has 0 amide bonds. The number of hydrogen-bond donors (Lipinski definition) is 1. The minimum absolute atomic E-state index is 0.317. The van der Waals surface area contributed by atoms with Crippen LogP contribution in [0.4, 0.5) is 5.13 Å². The number of anilines is 1. The summed E-state index contributed by atoms with van der Waals surface area (Å²) in [6, 6.07) is 0. The average molecular weight is 247 g/mol. The van der Waals surface area contributed by atoms with Crippen molar-refractivity contribution in [1.82, 2.24) is 4.98 Å². The topological polar surface area (TPSA) is 24.9 Å². The summed E-state index contributed by atoms with van der Waals surface area (Å²) in [6.45, 7) is 2.26. The van der Waals surface area contributed by atoms with E-state index in [-0.39, 0.29) is 0 Å². The molecule has 0 aliphatic heterocycles. The standard InChI is InChI=1S/C8H11BrN2S/c1-8(3-2-4-8)11-7-10-6(9)5-12-7/h5H,2-4H2,1H3,(H,10,11). The van der Waals surface area contributed by atoms with E-state index in [1.807, 2.05) is 5.38 Å². The molecule has 1 aliphatic rings. The van der Waals surface area contributed by atoms with E-state index in [1.165, 1.54) is 19.3 Å². The van der Waals surface area contributed by atoms with Crippen LogP contribution in [-0.4, -0.2) is 10.5 Å². The van der Waals surface area contributed by atoms with Crippen molar-refractivity contribution in [2.45, 2.75) is 31.7 Å². The zero-order chi connectivity index (χ0) is 8.60. The van der Waals surface area contributed by atoms with E-state index in [1.54, 1.807) is 11.3 Å². The lowest BCUT2D eigenvalue weighted by Crippen LogP contribution is -2.41. The quantitative estimate of drug-likeness (QED) is 0.867. The minimum atomic E-state index is 0.317. The Bertz CT molecular complexity index is 280. The Kier molecular flexibility index (Phi) is 2.12. The van der Waals surface area contributed by atoms with Gasteiger partial charge in [0.15, 0.2) is 5.13 Å². The van der Waals surface area contributed by atoms with E-state index in [9.17, 15) is 0 Å². The monoisotopic (exact) mass is 246 g/mol.